The standard InChI is InChI=1S/C10H12N4O2/c1-16-9(15)2-4-14-5-3-13-10(14)8(6-11)7-12/h13H,2-5H2,1H3. The maximum absolute atomic E-state index is 11.0. The molecule has 1 aliphatic rings. The van der Waals surface area contributed by atoms with Crippen LogP contribution in [0.1, 0.15) is 6.42 Å². The molecule has 0 saturated carbocycles. The van der Waals surface area contributed by atoms with Crippen LogP contribution in [0.4, 0.5) is 0 Å². The van der Waals surface area contributed by atoms with Gasteiger partial charge in [-0.25, -0.2) is 0 Å². The van der Waals surface area contributed by atoms with Gasteiger partial charge < -0.3 is 15.0 Å². The Labute approximate surface area is 93.7 Å². The van der Waals surface area contributed by atoms with E-state index in [2.05, 4.69) is 10.1 Å². The average molecular weight is 220 g/mol. The lowest BCUT2D eigenvalue weighted by molar-refractivity contribution is -0.140. The van der Waals surface area contributed by atoms with Crippen molar-refractivity contribution in [3.8, 4) is 12.1 Å². The lowest BCUT2D eigenvalue weighted by Crippen LogP contribution is -2.24. The minimum atomic E-state index is -0.304. The molecule has 0 unspecified atom stereocenters. The largest absolute Gasteiger partial charge is 0.469 e. The molecule has 0 aromatic carbocycles. The van der Waals surface area contributed by atoms with Crippen LogP contribution in [0, 0.1) is 22.7 Å². The first kappa shape index (κ1) is 11.9. The monoisotopic (exact) mass is 220 g/mol. The molecule has 1 heterocycles. The number of nitrogens with zero attached hydrogens (tertiary/aromatic N) is 3. The summed E-state index contributed by atoms with van der Waals surface area (Å²) in [5.74, 6) is 0.204. The molecule has 1 fully saturated rings. The Kier molecular flexibility index (Phi) is 4.16. The molecular weight excluding hydrogens is 208 g/mol. The molecule has 1 aliphatic heterocycles. The van der Waals surface area contributed by atoms with Gasteiger partial charge in [0.15, 0.2) is 5.57 Å². The van der Waals surface area contributed by atoms with Gasteiger partial charge in [0.25, 0.3) is 0 Å². The van der Waals surface area contributed by atoms with E-state index in [-0.39, 0.29) is 18.0 Å². The summed E-state index contributed by atoms with van der Waals surface area (Å²) in [7, 11) is 1.33. The van der Waals surface area contributed by atoms with Gasteiger partial charge in [0.2, 0.25) is 0 Å². The summed E-state index contributed by atoms with van der Waals surface area (Å²) >= 11 is 0. The number of carbonyl (C=O) groups excluding carboxylic acids is 1. The zero-order valence-corrected chi connectivity index (χ0v) is 8.99. The fourth-order valence-corrected chi connectivity index (χ4v) is 1.46. The molecule has 0 amide bonds. The normalized spacial score (nSPS) is 13.7. The second-order valence-electron chi connectivity index (χ2n) is 3.19. The lowest BCUT2D eigenvalue weighted by Gasteiger charge is -2.17. The van der Waals surface area contributed by atoms with Gasteiger partial charge in [-0.2, -0.15) is 10.5 Å². The Morgan fingerprint density at radius 1 is 1.56 bits per heavy atom. The first-order valence-corrected chi connectivity index (χ1v) is 4.83. The van der Waals surface area contributed by atoms with Crippen molar-refractivity contribution in [3.63, 3.8) is 0 Å². The molecule has 6 heteroatoms. The fourth-order valence-electron chi connectivity index (χ4n) is 1.46. The van der Waals surface area contributed by atoms with Crippen molar-refractivity contribution < 1.29 is 9.53 Å². The maximum atomic E-state index is 11.0. The van der Waals surface area contributed by atoms with Crippen molar-refractivity contribution in [2.75, 3.05) is 26.7 Å². The first-order chi connectivity index (χ1) is 7.72. The second-order valence-corrected chi connectivity index (χ2v) is 3.19. The summed E-state index contributed by atoms with van der Waals surface area (Å²) in [5.41, 5.74) is 0.0439. The van der Waals surface area contributed by atoms with E-state index in [1.165, 1.54) is 7.11 Å². The highest BCUT2D eigenvalue weighted by atomic mass is 16.5. The molecule has 0 spiro atoms. The molecule has 1 rings (SSSR count). The first-order valence-electron chi connectivity index (χ1n) is 4.83. The molecule has 0 radical (unpaired) electrons. The van der Waals surface area contributed by atoms with E-state index >= 15 is 0 Å². The van der Waals surface area contributed by atoms with E-state index in [1.807, 2.05) is 12.1 Å². The molecule has 0 bridgehead atoms. The third-order valence-electron chi connectivity index (χ3n) is 2.26. The number of ether oxygens (including phenoxy) is 1. The Balaban J connectivity index is 2.68. The number of methoxy groups -OCH3 is 1. The van der Waals surface area contributed by atoms with Crippen LogP contribution in [0.2, 0.25) is 0 Å². The van der Waals surface area contributed by atoms with Crippen LogP contribution in [0.15, 0.2) is 11.4 Å². The van der Waals surface area contributed by atoms with Crippen molar-refractivity contribution in [1.82, 2.24) is 10.2 Å². The topological polar surface area (TPSA) is 89.2 Å². The van der Waals surface area contributed by atoms with E-state index in [0.717, 1.165) is 0 Å². The summed E-state index contributed by atoms with van der Waals surface area (Å²) < 4.78 is 4.53. The molecule has 0 aliphatic carbocycles. The number of carbonyl (C=O) groups is 1. The zero-order chi connectivity index (χ0) is 12.0. The van der Waals surface area contributed by atoms with Gasteiger partial charge in [-0.05, 0) is 0 Å². The van der Waals surface area contributed by atoms with Crippen molar-refractivity contribution >= 4 is 5.97 Å². The van der Waals surface area contributed by atoms with E-state index in [1.54, 1.807) is 4.90 Å². The van der Waals surface area contributed by atoms with Crippen LogP contribution in [0.25, 0.3) is 0 Å². The van der Waals surface area contributed by atoms with Crippen LogP contribution in [0.3, 0.4) is 0 Å². The van der Waals surface area contributed by atoms with E-state index in [9.17, 15) is 4.79 Å². The number of nitriles is 2. The van der Waals surface area contributed by atoms with Gasteiger partial charge in [0.05, 0.1) is 13.5 Å². The van der Waals surface area contributed by atoms with Crippen LogP contribution >= 0.6 is 0 Å². The highest BCUT2D eigenvalue weighted by molar-refractivity contribution is 5.69. The minimum absolute atomic E-state index is 0.0439. The SMILES string of the molecule is COC(=O)CCN1CCNC1=C(C#N)C#N. The Morgan fingerprint density at radius 2 is 2.25 bits per heavy atom. The van der Waals surface area contributed by atoms with Crippen LogP contribution in [-0.2, 0) is 9.53 Å². The highest BCUT2D eigenvalue weighted by Gasteiger charge is 2.21. The van der Waals surface area contributed by atoms with Crippen LogP contribution in [0.5, 0.6) is 0 Å². The summed E-state index contributed by atoms with van der Waals surface area (Å²) in [5, 5.41) is 20.4. The molecule has 0 aromatic heterocycles. The third-order valence-corrected chi connectivity index (χ3v) is 2.26. The average Bonchev–Trinajstić information content (AvgIpc) is 2.76. The molecule has 16 heavy (non-hydrogen) atoms. The highest BCUT2D eigenvalue weighted by Crippen LogP contribution is 2.12. The maximum Gasteiger partial charge on any atom is 0.307 e. The number of hydrogen-bond donors (Lipinski definition) is 1. The number of esters is 1. The number of allylic oxidation sites excluding steroid dienone is 1. The summed E-state index contributed by atoms with van der Waals surface area (Å²) in [6.45, 7) is 1.80. The Bertz CT molecular complexity index is 373. The smallest absolute Gasteiger partial charge is 0.307 e. The predicted molar refractivity (Wildman–Crippen MR) is 54.5 cm³/mol. The Morgan fingerprint density at radius 3 is 2.81 bits per heavy atom. The lowest BCUT2D eigenvalue weighted by atomic mass is 10.3. The van der Waals surface area contributed by atoms with Crippen molar-refractivity contribution in [2.24, 2.45) is 0 Å². The molecule has 6 nitrogen and oxygen atoms in total. The predicted octanol–water partition coefficient (Wildman–Crippen LogP) is -0.287. The number of nitrogens with one attached hydrogen (secondary N) is 1. The van der Waals surface area contributed by atoms with Crippen molar-refractivity contribution in [1.29, 1.82) is 10.5 Å². The van der Waals surface area contributed by atoms with Crippen molar-refractivity contribution in [3.05, 3.63) is 11.4 Å². The van der Waals surface area contributed by atoms with Crippen molar-refractivity contribution in [2.45, 2.75) is 6.42 Å². The summed E-state index contributed by atoms with van der Waals surface area (Å²) in [4.78, 5) is 12.8. The molecule has 1 N–H and O–H groups in total. The molecule has 1 saturated heterocycles. The Hall–Kier alpha value is -2.21. The van der Waals surface area contributed by atoms with Crippen LogP contribution in [-0.4, -0.2) is 37.6 Å². The van der Waals surface area contributed by atoms with E-state index in [4.69, 9.17) is 10.5 Å². The van der Waals surface area contributed by atoms with Gasteiger partial charge in [0, 0.05) is 19.6 Å². The van der Waals surface area contributed by atoms with Gasteiger partial charge in [-0.1, -0.05) is 0 Å². The van der Waals surface area contributed by atoms with Gasteiger partial charge in [0.1, 0.15) is 18.0 Å². The van der Waals surface area contributed by atoms with Gasteiger partial charge in [-0.3, -0.25) is 4.79 Å². The number of hydrogen-bond acceptors (Lipinski definition) is 6. The van der Waals surface area contributed by atoms with Gasteiger partial charge >= 0.3 is 5.97 Å². The molecule has 0 atom stereocenters. The number of rotatable bonds is 3. The summed E-state index contributed by atoms with van der Waals surface area (Å²) in [6, 6.07) is 3.65. The summed E-state index contributed by atoms with van der Waals surface area (Å²) in [6.07, 6.45) is 0.242. The van der Waals surface area contributed by atoms with E-state index < -0.39 is 0 Å². The molecule has 0 aromatic rings. The zero-order valence-electron chi connectivity index (χ0n) is 8.99. The van der Waals surface area contributed by atoms with Crippen LogP contribution < -0.4 is 5.32 Å². The minimum Gasteiger partial charge on any atom is -0.469 e. The fraction of sp³-hybridized carbons (Fsp3) is 0.500. The molecule has 84 valence electrons. The second kappa shape index (κ2) is 5.62. The third kappa shape index (κ3) is 2.64. The quantitative estimate of drug-likeness (QED) is 0.519. The van der Waals surface area contributed by atoms with E-state index in [0.29, 0.717) is 25.5 Å². The molecular formula is C10H12N4O2. The van der Waals surface area contributed by atoms with Gasteiger partial charge in [-0.15, -0.1) is 0 Å².